The first-order chi connectivity index (χ1) is 13.0. The van der Waals surface area contributed by atoms with Crippen LogP contribution in [0.1, 0.15) is 17.7 Å². The van der Waals surface area contributed by atoms with E-state index < -0.39 is 18.4 Å². The third-order valence-corrected chi connectivity index (χ3v) is 5.01. The lowest BCUT2D eigenvalue weighted by Crippen LogP contribution is -2.48. The van der Waals surface area contributed by atoms with Gasteiger partial charge < -0.3 is 19.6 Å². The molecule has 142 valence electrons. The lowest BCUT2D eigenvalue weighted by atomic mass is 10.1. The largest absolute Gasteiger partial charge is 0.471 e. The number of rotatable bonds is 3. The Morgan fingerprint density at radius 1 is 1.33 bits per heavy atom. The highest BCUT2D eigenvalue weighted by atomic mass is 19.1. The minimum absolute atomic E-state index is 0.192. The van der Waals surface area contributed by atoms with E-state index in [1.807, 2.05) is 19.1 Å². The Labute approximate surface area is 155 Å². The summed E-state index contributed by atoms with van der Waals surface area (Å²) in [5, 5.41) is 9.00. The summed E-state index contributed by atoms with van der Waals surface area (Å²) < 4.78 is 20.2. The fourth-order valence-electron chi connectivity index (χ4n) is 3.58. The van der Waals surface area contributed by atoms with Gasteiger partial charge in [-0.2, -0.15) is 0 Å². The molecule has 4 heterocycles. The van der Waals surface area contributed by atoms with Crippen LogP contribution in [0.25, 0.3) is 0 Å². The summed E-state index contributed by atoms with van der Waals surface area (Å²) in [6, 6.07) is 3.88. The molecule has 0 aliphatic carbocycles. The van der Waals surface area contributed by atoms with Gasteiger partial charge in [-0.1, -0.05) is 0 Å². The van der Waals surface area contributed by atoms with E-state index >= 15 is 0 Å². The van der Waals surface area contributed by atoms with Crippen LogP contribution in [0.2, 0.25) is 0 Å². The number of carboxylic acid groups (broad SMARTS) is 1. The van der Waals surface area contributed by atoms with Crippen molar-refractivity contribution in [3.05, 3.63) is 35.9 Å². The van der Waals surface area contributed by atoms with Crippen molar-refractivity contribution in [3.8, 4) is 5.88 Å². The number of anilines is 2. The monoisotopic (exact) mass is 373 g/mol. The topological polar surface area (TPSA) is 91.7 Å². The van der Waals surface area contributed by atoms with Crippen molar-refractivity contribution < 1.29 is 19.0 Å². The van der Waals surface area contributed by atoms with Gasteiger partial charge in [0.05, 0.1) is 23.5 Å². The minimum atomic E-state index is -1.40. The molecule has 27 heavy (non-hydrogen) atoms. The summed E-state index contributed by atoms with van der Waals surface area (Å²) in [6.45, 7) is 2.65. The number of likely N-dealkylation sites (tertiary alicyclic amines) is 1. The van der Waals surface area contributed by atoms with Gasteiger partial charge in [-0.15, -0.1) is 0 Å². The van der Waals surface area contributed by atoms with E-state index in [-0.39, 0.29) is 19.5 Å². The molecule has 1 N–H and O–H groups in total. The molecule has 2 aliphatic rings. The van der Waals surface area contributed by atoms with Crippen LogP contribution in [-0.4, -0.2) is 63.0 Å². The quantitative estimate of drug-likeness (QED) is 0.883. The first-order valence-corrected chi connectivity index (χ1v) is 8.86. The molecule has 2 aliphatic heterocycles. The Kier molecular flexibility index (Phi) is 4.51. The Morgan fingerprint density at radius 3 is 2.96 bits per heavy atom. The highest BCUT2D eigenvalue weighted by Crippen LogP contribution is 2.36. The van der Waals surface area contributed by atoms with E-state index in [0.29, 0.717) is 11.7 Å². The van der Waals surface area contributed by atoms with Gasteiger partial charge in [0, 0.05) is 32.1 Å². The van der Waals surface area contributed by atoms with E-state index in [1.54, 1.807) is 6.20 Å². The zero-order valence-corrected chi connectivity index (χ0v) is 14.9. The second-order valence-corrected chi connectivity index (χ2v) is 6.69. The molecule has 0 spiro atoms. The van der Waals surface area contributed by atoms with Crippen LogP contribution in [0, 0.1) is 6.92 Å². The molecule has 2 aromatic heterocycles. The molecular formula is C18H20FN5O3. The summed E-state index contributed by atoms with van der Waals surface area (Å²) in [7, 11) is 0. The number of hydrogen-bond donors (Lipinski definition) is 1. The third-order valence-electron chi connectivity index (χ3n) is 5.01. The summed E-state index contributed by atoms with van der Waals surface area (Å²) in [5.74, 6) is 1.04. The second-order valence-electron chi connectivity index (χ2n) is 6.69. The number of nitrogens with zero attached hydrogens (tertiary/aromatic N) is 5. The first-order valence-electron chi connectivity index (χ1n) is 8.86. The van der Waals surface area contributed by atoms with Crippen molar-refractivity contribution in [1.29, 1.82) is 0 Å². The maximum atomic E-state index is 14.4. The van der Waals surface area contributed by atoms with Gasteiger partial charge in [0.25, 0.3) is 0 Å². The van der Waals surface area contributed by atoms with Crippen LogP contribution in [0.4, 0.5) is 20.7 Å². The van der Waals surface area contributed by atoms with Crippen LogP contribution >= 0.6 is 0 Å². The number of carbonyl (C=O) groups is 1. The number of pyridine rings is 1. The van der Waals surface area contributed by atoms with E-state index in [9.17, 15) is 9.18 Å². The summed E-state index contributed by atoms with van der Waals surface area (Å²) >= 11 is 0. The van der Waals surface area contributed by atoms with Crippen molar-refractivity contribution in [1.82, 2.24) is 19.9 Å². The average molecular weight is 373 g/mol. The molecule has 1 amide bonds. The lowest BCUT2D eigenvalue weighted by Gasteiger charge is -2.33. The zero-order valence-electron chi connectivity index (χ0n) is 14.9. The lowest BCUT2D eigenvalue weighted by molar-refractivity contribution is 0.0222. The molecule has 2 aromatic rings. The van der Waals surface area contributed by atoms with E-state index in [1.165, 1.54) is 6.33 Å². The van der Waals surface area contributed by atoms with Crippen LogP contribution in [0.5, 0.6) is 5.88 Å². The Hall–Kier alpha value is -2.97. The van der Waals surface area contributed by atoms with Gasteiger partial charge in [-0.3, -0.25) is 4.98 Å². The van der Waals surface area contributed by atoms with Gasteiger partial charge >= 0.3 is 6.09 Å². The molecule has 9 heteroatoms. The maximum Gasteiger partial charge on any atom is 0.407 e. The second kappa shape index (κ2) is 6.98. The molecular weight excluding hydrogens is 353 g/mol. The summed E-state index contributed by atoms with van der Waals surface area (Å²) in [5.41, 5.74) is 2.74. The number of ether oxygens (including phenoxy) is 1. The highest BCUT2D eigenvalue weighted by molar-refractivity contribution is 5.68. The Morgan fingerprint density at radius 2 is 2.19 bits per heavy atom. The molecule has 1 saturated heterocycles. The number of hydrogen-bond acceptors (Lipinski definition) is 6. The minimum Gasteiger partial charge on any atom is -0.471 e. The van der Waals surface area contributed by atoms with Gasteiger partial charge in [0.2, 0.25) is 5.88 Å². The third kappa shape index (κ3) is 3.24. The van der Waals surface area contributed by atoms with Gasteiger partial charge in [0.15, 0.2) is 6.17 Å². The number of amides is 1. The predicted molar refractivity (Wildman–Crippen MR) is 95.2 cm³/mol. The van der Waals surface area contributed by atoms with E-state index in [4.69, 9.17) is 9.84 Å². The highest BCUT2D eigenvalue weighted by Gasteiger charge is 2.34. The number of aromatic nitrogens is 3. The molecule has 0 bridgehead atoms. The van der Waals surface area contributed by atoms with Crippen molar-refractivity contribution >= 4 is 17.6 Å². The van der Waals surface area contributed by atoms with E-state index in [0.717, 1.165) is 34.8 Å². The van der Waals surface area contributed by atoms with Crippen LogP contribution in [-0.2, 0) is 6.42 Å². The molecule has 2 atom stereocenters. The molecule has 0 saturated carbocycles. The van der Waals surface area contributed by atoms with Gasteiger partial charge in [0.1, 0.15) is 18.2 Å². The maximum absolute atomic E-state index is 14.4. The van der Waals surface area contributed by atoms with Crippen molar-refractivity contribution in [2.24, 2.45) is 0 Å². The molecule has 1 fully saturated rings. The fraction of sp³-hybridized carbons (Fsp3) is 0.444. The molecule has 4 rings (SSSR count). The standard InChI is InChI=1S/C18H20FN5O3/c1-11-16(24-8-4-13-14(24)3-2-6-20-13)21-10-22-17(11)27-15-5-7-23(18(25)26)9-12(15)19/h2-3,6,10,12,15H,4-5,7-9H2,1H3,(H,25,26). The first kappa shape index (κ1) is 17.4. The summed E-state index contributed by atoms with van der Waals surface area (Å²) in [6.07, 6.45) is 1.05. The van der Waals surface area contributed by atoms with Gasteiger partial charge in [-0.05, 0) is 19.1 Å². The molecule has 0 radical (unpaired) electrons. The number of alkyl halides is 1. The predicted octanol–water partition coefficient (Wildman–Crippen LogP) is 2.34. The SMILES string of the molecule is Cc1c(OC2CCN(C(=O)O)CC2F)ncnc1N1CCc2ncccc21. The van der Waals surface area contributed by atoms with Crippen molar-refractivity contribution in [2.45, 2.75) is 32.0 Å². The number of piperidine rings is 1. The van der Waals surface area contributed by atoms with Gasteiger partial charge in [-0.25, -0.2) is 19.2 Å². The zero-order chi connectivity index (χ0) is 19.0. The fourth-order valence-corrected chi connectivity index (χ4v) is 3.58. The number of fused-ring (bicyclic) bond motifs is 1. The van der Waals surface area contributed by atoms with Crippen molar-refractivity contribution in [3.63, 3.8) is 0 Å². The number of halogens is 1. The Balaban J connectivity index is 1.54. The average Bonchev–Trinajstić information content (AvgIpc) is 3.09. The molecule has 2 unspecified atom stereocenters. The van der Waals surface area contributed by atoms with Crippen LogP contribution in [0.15, 0.2) is 24.7 Å². The van der Waals surface area contributed by atoms with Crippen molar-refractivity contribution in [2.75, 3.05) is 24.5 Å². The van der Waals surface area contributed by atoms with E-state index in [2.05, 4.69) is 19.9 Å². The van der Waals surface area contributed by atoms with Crippen LogP contribution in [0.3, 0.4) is 0 Å². The summed E-state index contributed by atoms with van der Waals surface area (Å²) in [4.78, 5) is 27.1. The van der Waals surface area contributed by atoms with Crippen LogP contribution < -0.4 is 9.64 Å². The molecule has 0 aromatic carbocycles. The smallest absolute Gasteiger partial charge is 0.407 e. The molecule has 8 nitrogen and oxygen atoms in total. The Bertz CT molecular complexity index is 865. The normalized spacial score (nSPS) is 21.9.